The van der Waals surface area contributed by atoms with Gasteiger partial charge in [-0.1, -0.05) is 35.9 Å². The first-order chi connectivity index (χ1) is 9.79. The monoisotopic (exact) mass is 287 g/mol. The van der Waals surface area contributed by atoms with Crippen LogP contribution in [0.15, 0.2) is 48.5 Å². The molecule has 0 bridgehead atoms. The number of nitrogens with zero attached hydrogens (tertiary/aromatic N) is 1. The van der Waals surface area contributed by atoms with E-state index in [1.165, 1.54) is 0 Å². The summed E-state index contributed by atoms with van der Waals surface area (Å²) in [6, 6.07) is 16.8. The van der Waals surface area contributed by atoms with Gasteiger partial charge in [-0.25, -0.2) is 0 Å². The number of ether oxygens (including phenoxy) is 2. The Morgan fingerprint density at radius 3 is 2.70 bits per heavy atom. The molecule has 2 rings (SSSR count). The third-order valence-corrected chi connectivity index (χ3v) is 2.89. The Labute approximate surface area is 123 Å². The third kappa shape index (κ3) is 4.27. The van der Waals surface area contributed by atoms with Gasteiger partial charge in [0.25, 0.3) is 0 Å². The molecule has 0 amide bonds. The van der Waals surface area contributed by atoms with Gasteiger partial charge in [-0.05, 0) is 29.8 Å². The average Bonchev–Trinajstić information content (AvgIpc) is 2.47. The van der Waals surface area contributed by atoms with Crippen molar-refractivity contribution in [1.82, 2.24) is 0 Å². The first-order valence-corrected chi connectivity index (χ1v) is 6.61. The van der Waals surface area contributed by atoms with Crippen LogP contribution in [0.2, 0.25) is 5.02 Å². The molecule has 4 heteroatoms. The Bertz CT molecular complexity index is 607. The highest BCUT2D eigenvalue weighted by molar-refractivity contribution is 6.30. The van der Waals surface area contributed by atoms with Crippen molar-refractivity contribution in [3.05, 3.63) is 64.7 Å². The van der Waals surface area contributed by atoms with E-state index in [4.69, 9.17) is 26.3 Å². The van der Waals surface area contributed by atoms with Crippen molar-refractivity contribution in [1.29, 1.82) is 5.26 Å². The molecule has 0 spiro atoms. The molecule has 3 nitrogen and oxygen atoms in total. The van der Waals surface area contributed by atoms with E-state index in [9.17, 15) is 0 Å². The zero-order chi connectivity index (χ0) is 14.2. The predicted molar refractivity (Wildman–Crippen MR) is 77.8 cm³/mol. The number of benzene rings is 2. The zero-order valence-electron chi connectivity index (χ0n) is 10.9. The fraction of sp³-hybridized carbons (Fsp3) is 0.188. The molecule has 0 aliphatic rings. The SMILES string of the molecule is N#Cc1ccccc1OCCOCc1cccc(Cl)c1. The number of nitriles is 1. The third-order valence-electron chi connectivity index (χ3n) is 2.65. The minimum absolute atomic E-state index is 0.402. The van der Waals surface area contributed by atoms with Crippen LogP contribution < -0.4 is 4.74 Å². The Morgan fingerprint density at radius 2 is 1.90 bits per heavy atom. The second-order valence-electron chi connectivity index (χ2n) is 4.14. The number of para-hydroxylation sites is 1. The van der Waals surface area contributed by atoms with Crippen LogP contribution in [0, 0.1) is 11.3 Å². The van der Waals surface area contributed by atoms with Crippen molar-refractivity contribution in [3.63, 3.8) is 0 Å². The fourth-order valence-corrected chi connectivity index (χ4v) is 1.93. The molecule has 2 aromatic rings. The van der Waals surface area contributed by atoms with Crippen LogP contribution in [-0.4, -0.2) is 13.2 Å². The van der Waals surface area contributed by atoms with E-state index in [-0.39, 0.29) is 0 Å². The molecule has 20 heavy (non-hydrogen) atoms. The van der Waals surface area contributed by atoms with E-state index in [2.05, 4.69) is 6.07 Å². The lowest BCUT2D eigenvalue weighted by molar-refractivity contribution is 0.0888. The van der Waals surface area contributed by atoms with Crippen LogP contribution in [0.4, 0.5) is 0 Å². The molecule has 0 aliphatic carbocycles. The van der Waals surface area contributed by atoms with E-state index in [0.717, 1.165) is 5.56 Å². The summed E-state index contributed by atoms with van der Waals surface area (Å²) in [7, 11) is 0. The first-order valence-electron chi connectivity index (χ1n) is 6.24. The minimum Gasteiger partial charge on any atom is -0.490 e. The molecule has 0 N–H and O–H groups in total. The molecule has 0 fully saturated rings. The van der Waals surface area contributed by atoms with Gasteiger partial charge in [-0.3, -0.25) is 0 Å². The molecule has 0 atom stereocenters. The maximum atomic E-state index is 8.92. The normalized spacial score (nSPS) is 10.0. The van der Waals surface area contributed by atoms with Crippen molar-refractivity contribution < 1.29 is 9.47 Å². The second-order valence-corrected chi connectivity index (χ2v) is 4.58. The van der Waals surface area contributed by atoms with Gasteiger partial charge < -0.3 is 9.47 Å². The summed E-state index contributed by atoms with van der Waals surface area (Å²) >= 11 is 5.89. The Kier molecular flexibility index (Phi) is 5.43. The topological polar surface area (TPSA) is 42.2 Å². The minimum atomic E-state index is 0.402. The molecule has 102 valence electrons. The molecule has 0 aromatic heterocycles. The number of rotatable bonds is 6. The maximum Gasteiger partial charge on any atom is 0.137 e. The van der Waals surface area contributed by atoms with Gasteiger partial charge in [-0.2, -0.15) is 5.26 Å². The number of halogens is 1. The summed E-state index contributed by atoms with van der Waals surface area (Å²) in [5, 5.41) is 9.62. The van der Waals surface area contributed by atoms with Crippen LogP contribution in [0.1, 0.15) is 11.1 Å². The van der Waals surface area contributed by atoms with Crippen molar-refractivity contribution >= 4 is 11.6 Å². The van der Waals surface area contributed by atoms with Crippen LogP contribution in [0.5, 0.6) is 5.75 Å². The van der Waals surface area contributed by atoms with Gasteiger partial charge in [0.1, 0.15) is 18.4 Å². The van der Waals surface area contributed by atoms with E-state index in [1.54, 1.807) is 18.2 Å². The van der Waals surface area contributed by atoms with Crippen LogP contribution in [0.3, 0.4) is 0 Å². The summed E-state index contributed by atoms with van der Waals surface area (Å²) in [6.45, 7) is 1.34. The Balaban J connectivity index is 1.73. The van der Waals surface area contributed by atoms with Gasteiger partial charge in [0.2, 0.25) is 0 Å². The molecular weight excluding hydrogens is 274 g/mol. The first kappa shape index (κ1) is 14.4. The van der Waals surface area contributed by atoms with E-state index in [0.29, 0.717) is 36.2 Å². The van der Waals surface area contributed by atoms with Crippen molar-refractivity contribution in [2.24, 2.45) is 0 Å². The van der Waals surface area contributed by atoms with Gasteiger partial charge in [0, 0.05) is 5.02 Å². The van der Waals surface area contributed by atoms with Gasteiger partial charge in [0.15, 0.2) is 0 Å². The van der Waals surface area contributed by atoms with Crippen LogP contribution in [0.25, 0.3) is 0 Å². The molecule has 0 saturated heterocycles. The largest absolute Gasteiger partial charge is 0.490 e. The van der Waals surface area contributed by atoms with Gasteiger partial charge in [0.05, 0.1) is 18.8 Å². The van der Waals surface area contributed by atoms with Gasteiger partial charge in [-0.15, -0.1) is 0 Å². The molecule has 0 radical (unpaired) electrons. The maximum absolute atomic E-state index is 8.92. The smallest absolute Gasteiger partial charge is 0.137 e. The summed E-state index contributed by atoms with van der Waals surface area (Å²) in [5.41, 5.74) is 1.55. The summed E-state index contributed by atoms with van der Waals surface area (Å²) in [5.74, 6) is 0.585. The Hall–Kier alpha value is -2.02. The van der Waals surface area contributed by atoms with Crippen molar-refractivity contribution in [3.8, 4) is 11.8 Å². The van der Waals surface area contributed by atoms with E-state index >= 15 is 0 Å². The highest BCUT2D eigenvalue weighted by Gasteiger charge is 2.01. The molecule has 0 unspecified atom stereocenters. The molecule has 0 heterocycles. The number of hydrogen-bond donors (Lipinski definition) is 0. The summed E-state index contributed by atoms with van der Waals surface area (Å²) < 4.78 is 11.0. The predicted octanol–water partition coefficient (Wildman–Crippen LogP) is 3.81. The zero-order valence-corrected chi connectivity index (χ0v) is 11.6. The fourth-order valence-electron chi connectivity index (χ4n) is 1.71. The lowest BCUT2D eigenvalue weighted by Crippen LogP contribution is -2.07. The van der Waals surface area contributed by atoms with Crippen LogP contribution >= 0.6 is 11.6 Å². The van der Waals surface area contributed by atoms with Crippen molar-refractivity contribution in [2.75, 3.05) is 13.2 Å². The van der Waals surface area contributed by atoms with Gasteiger partial charge >= 0.3 is 0 Å². The molecule has 0 aliphatic heterocycles. The molecule has 0 saturated carbocycles. The van der Waals surface area contributed by atoms with E-state index < -0.39 is 0 Å². The lowest BCUT2D eigenvalue weighted by atomic mass is 10.2. The standard InChI is InChI=1S/C16H14ClNO2/c17-15-6-3-4-13(10-15)12-19-8-9-20-16-7-2-1-5-14(16)11-18/h1-7,10H,8-9,12H2. The van der Waals surface area contributed by atoms with Crippen molar-refractivity contribution in [2.45, 2.75) is 6.61 Å². The van der Waals surface area contributed by atoms with E-state index in [1.807, 2.05) is 30.3 Å². The number of hydrogen-bond acceptors (Lipinski definition) is 3. The van der Waals surface area contributed by atoms with Crippen LogP contribution in [-0.2, 0) is 11.3 Å². The lowest BCUT2D eigenvalue weighted by Gasteiger charge is -2.08. The average molecular weight is 288 g/mol. The summed E-state index contributed by atoms with van der Waals surface area (Å²) in [6.07, 6.45) is 0. The summed E-state index contributed by atoms with van der Waals surface area (Å²) in [4.78, 5) is 0. The quantitative estimate of drug-likeness (QED) is 0.759. The Morgan fingerprint density at radius 1 is 1.05 bits per heavy atom. The second kappa shape index (κ2) is 7.54. The molecule has 2 aromatic carbocycles. The highest BCUT2D eigenvalue weighted by atomic mass is 35.5. The highest BCUT2D eigenvalue weighted by Crippen LogP contribution is 2.16. The molecular formula is C16H14ClNO2.